The molecule has 0 spiro atoms. The van der Waals surface area contributed by atoms with E-state index in [9.17, 15) is 14.3 Å². The van der Waals surface area contributed by atoms with Crippen molar-refractivity contribution >= 4 is 12.0 Å². The Labute approximate surface area is 124 Å². The van der Waals surface area contributed by atoms with Crippen molar-refractivity contribution < 1.29 is 14.3 Å². The highest BCUT2D eigenvalue weighted by Gasteiger charge is 2.39. The van der Waals surface area contributed by atoms with Gasteiger partial charge in [0.05, 0.1) is 6.61 Å². The van der Waals surface area contributed by atoms with E-state index in [4.69, 9.17) is 0 Å². The van der Waals surface area contributed by atoms with Gasteiger partial charge in [-0.25, -0.2) is 4.39 Å². The predicted octanol–water partition coefficient (Wildman–Crippen LogP) is 2.90. The molecule has 1 aliphatic rings. The quantitative estimate of drug-likeness (QED) is 0.838. The van der Waals surface area contributed by atoms with Crippen LogP contribution in [0.4, 0.5) is 4.39 Å². The minimum absolute atomic E-state index is 0.00608. The lowest BCUT2D eigenvalue weighted by atomic mass is 9.85. The van der Waals surface area contributed by atoms with Gasteiger partial charge in [-0.05, 0) is 43.5 Å². The van der Waals surface area contributed by atoms with Crippen molar-refractivity contribution in [3.05, 3.63) is 41.2 Å². The normalized spacial score (nSPS) is 25.9. The van der Waals surface area contributed by atoms with Crippen molar-refractivity contribution in [2.24, 2.45) is 5.41 Å². The number of carbonyl (C=O) groups excluding carboxylic acids is 1. The van der Waals surface area contributed by atoms with Crippen molar-refractivity contribution in [2.45, 2.75) is 39.2 Å². The molecule has 2 atom stereocenters. The van der Waals surface area contributed by atoms with Crippen molar-refractivity contribution in [2.75, 3.05) is 6.61 Å². The van der Waals surface area contributed by atoms with Gasteiger partial charge in [-0.3, -0.25) is 4.79 Å². The molecule has 2 N–H and O–H groups in total. The van der Waals surface area contributed by atoms with Gasteiger partial charge < -0.3 is 10.4 Å². The maximum Gasteiger partial charge on any atom is 0.247 e. The molecule has 1 saturated carbocycles. The van der Waals surface area contributed by atoms with Crippen LogP contribution in [0.25, 0.3) is 6.08 Å². The van der Waals surface area contributed by atoms with Crippen LogP contribution >= 0.6 is 0 Å². The first kappa shape index (κ1) is 15.7. The first-order valence-corrected chi connectivity index (χ1v) is 7.30. The summed E-state index contributed by atoms with van der Waals surface area (Å²) >= 11 is 0. The van der Waals surface area contributed by atoms with Crippen LogP contribution in [-0.2, 0) is 4.79 Å². The summed E-state index contributed by atoms with van der Waals surface area (Å²) < 4.78 is 12.9. The summed E-state index contributed by atoms with van der Waals surface area (Å²) in [5.74, 6) is -0.426. The number of rotatable bonds is 4. The van der Waals surface area contributed by atoms with Gasteiger partial charge in [0, 0.05) is 17.0 Å². The van der Waals surface area contributed by atoms with Gasteiger partial charge in [-0.15, -0.1) is 0 Å². The molecule has 2 rings (SSSR count). The van der Waals surface area contributed by atoms with E-state index in [-0.39, 0.29) is 29.8 Å². The lowest BCUT2D eigenvalue weighted by Crippen LogP contribution is -2.45. The molecule has 0 saturated heterocycles. The van der Waals surface area contributed by atoms with Gasteiger partial charge in [0.1, 0.15) is 5.82 Å². The molecular weight excluding hydrogens is 269 g/mol. The standard InChI is InChI=1S/C17H22FNO2/c1-12(10-13-5-7-14(18)8-6-13)16(21)19-15-4-3-9-17(15,2)11-20/h5-8,10,15,20H,3-4,9,11H2,1-2H3,(H,19,21)/b12-10-. The van der Waals surface area contributed by atoms with Crippen LogP contribution in [0.15, 0.2) is 29.8 Å². The molecule has 1 aromatic carbocycles. The Morgan fingerprint density at radius 1 is 1.48 bits per heavy atom. The summed E-state index contributed by atoms with van der Waals surface area (Å²) in [5.41, 5.74) is 1.14. The minimum atomic E-state index is -0.293. The number of carbonyl (C=O) groups is 1. The minimum Gasteiger partial charge on any atom is -0.396 e. The monoisotopic (exact) mass is 291 g/mol. The molecule has 1 amide bonds. The summed E-state index contributed by atoms with van der Waals surface area (Å²) in [5, 5.41) is 12.5. The summed E-state index contributed by atoms with van der Waals surface area (Å²) in [6.07, 6.45) is 4.57. The Bertz CT molecular complexity index is 538. The van der Waals surface area contributed by atoms with Crippen LogP contribution in [-0.4, -0.2) is 23.7 Å². The Morgan fingerprint density at radius 3 is 2.76 bits per heavy atom. The molecule has 0 radical (unpaired) electrons. The second-order valence-corrected chi connectivity index (χ2v) is 6.11. The predicted molar refractivity (Wildman–Crippen MR) is 81.0 cm³/mol. The van der Waals surface area contributed by atoms with E-state index in [0.29, 0.717) is 5.57 Å². The average Bonchev–Trinajstić information content (AvgIpc) is 2.83. The first-order valence-electron chi connectivity index (χ1n) is 7.30. The van der Waals surface area contributed by atoms with E-state index in [1.165, 1.54) is 12.1 Å². The number of benzene rings is 1. The molecule has 1 fully saturated rings. The molecule has 114 valence electrons. The number of halogens is 1. The van der Waals surface area contributed by atoms with Crippen molar-refractivity contribution in [3.8, 4) is 0 Å². The third-order valence-corrected chi connectivity index (χ3v) is 4.36. The zero-order valence-corrected chi connectivity index (χ0v) is 12.5. The summed E-state index contributed by atoms with van der Waals surface area (Å²) in [6, 6.07) is 6.03. The topological polar surface area (TPSA) is 49.3 Å². The maximum absolute atomic E-state index is 12.9. The van der Waals surface area contributed by atoms with Crippen LogP contribution < -0.4 is 5.32 Å². The molecule has 1 aliphatic carbocycles. The highest BCUT2D eigenvalue weighted by molar-refractivity contribution is 5.97. The highest BCUT2D eigenvalue weighted by Crippen LogP contribution is 2.37. The lowest BCUT2D eigenvalue weighted by molar-refractivity contribution is -0.118. The van der Waals surface area contributed by atoms with Crippen molar-refractivity contribution in [3.63, 3.8) is 0 Å². The van der Waals surface area contributed by atoms with Crippen LogP contribution in [0.3, 0.4) is 0 Å². The molecule has 2 unspecified atom stereocenters. The van der Waals surface area contributed by atoms with E-state index in [0.717, 1.165) is 24.8 Å². The fourth-order valence-corrected chi connectivity index (χ4v) is 2.82. The fourth-order valence-electron chi connectivity index (χ4n) is 2.82. The van der Waals surface area contributed by atoms with Crippen LogP contribution in [0.5, 0.6) is 0 Å². The number of aliphatic hydroxyl groups is 1. The van der Waals surface area contributed by atoms with Gasteiger partial charge >= 0.3 is 0 Å². The number of hydrogen-bond acceptors (Lipinski definition) is 2. The Balaban J connectivity index is 2.04. The third-order valence-electron chi connectivity index (χ3n) is 4.36. The smallest absolute Gasteiger partial charge is 0.247 e. The Kier molecular flexibility index (Phi) is 4.78. The van der Waals surface area contributed by atoms with Gasteiger partial charge in [-0.2, -0.15) is 0 Å². The number of aliphatic hydroxyl groups excluding tert-OH is 1. The van der Waals surface area contributed by atoms with E-state index in [1.54, 1.807) is 25.1 Å². The van der Waals surface area contributed by atoms with Gasteiger partial charge in [0.25, 0.3) is 0 Å². The zero-order valence-electron chi connectivity index (χ0n) is 12.5. The molecular formula is C17H22FNO2. The van der Waals surface area contributed by atoms with Crippen LogP contribution in [0.1, 0.15) is 38.7 Å². The second-order valence-electron chi connectivity index (χ2n) is 6.11. The molecule has 21 heavy (non-hydrogen) atoms. The average molecular weight is 291 g/mol. The second kappa shape index (κ2) is 6.39. The Morgan fingerprint density at radius 2 is 2.14 bits per heavy atom. The van der Waals surface area contributed by atoms with Crippen LogP contribution in [0.2, 0.25) is 0 Å². The summed E-state index contributed by atoms with van der Waals surface area (Å²) in [4.78, 5) is 12.2. The Hall–Kier alpha value is -1.68. The summed E-state index contributed by atoms with van der Waals surface area (Å²) in [6.45, 7) is 3.83. The molecule has 0 heterocycles. The molecule has 3 nitrogen and oxygen atoms in total. The van der Waals surface area contributed by atoms with Gasteiger partial charge in [0.2, 0.25) is 5.91 Å². The molecule has 0 aliphatic heterocycles. The van der Waals surface area contributed by atoms with Crippen molar-refractivity contribution in [1.82, 2.24) is 5.32 Å². The van der Waals surface area contributed by atoms with E-state index >= 15 is 0 Å². The largest absolute Gasteiger partial charge is 0.396 e. The number of amides is 1. The zero-order chi connectivity index (χ0) is 15.5. The molecule has 4 heteroatoms. The maximum atomic E-state index is 12.9. The van der Waals surface area contributed by atoms with E-state index < -0.39 is 0 Å². The van der Waals surface area contributed by atoms with E-state index in [2.05, 4.69) is 5.32 Å². The lowest BCUT2D eigenvalue weighted by Gasteiger charge is -2.30. The van der Waals surface area contributed by atoms with Gasteiger partial charge in [0.15, 0.2) is 0 Å². The highest BCUT2D eigenvalue weighted by atomic mass is 19.1. The number of hydrogen-bond donors (Lipinski definition) is 2. The SMILES string of the molecule is C/C(=C/c1ccc(F)cc1)C(=O)NC1CCCC1(C)CO. The fraction of sp³-hybridized carbons (Fsp3) is 0.471. The molecule has 1 aromatic rings. The number of nitrogens with one attached hydrogen (secondary N) is 1. The molecule has 0 bridgehead atoms. The third kappa shape index (κ3) is 3.70. The molecule has 0 aromatic heterocycles. The van der Waals surface area contributed by atoms with Crippen molar-refractivity contribution in [1.29, 1.82) is 0 Å². The van der Waals surface area contributed by atoms with Gasteiger partial charge in [-0.1, -0.05) is 25.5 Å². The van der Waals surface area contributed by atoms with Crippen LogP contribution in [0, 0.1) is 11.2 Å². The van der Waals surface area contributed by atoms with E-state index in [1.807, 2.05) is 6.92 Å². The first-order chi connectivity index (χ1) is 9.94. The summed E-state index contributed by atoms with van der Waals surface area (Å²) in [7, 11) is 0.